The van der Waals surface area contributed by atoms with Crippen LogP contribution in [0.15, 0.2) is 53.4 Å². The number of ether oxygens (including phenoxy) is 1. The van der Waals surface area contributed by atoms with Crippen molar-refractivity contribution in [3.05, 3.63) is 59.7 Å². The van der Waals surface area contributed by atoms with E-state index >= 15 is 0 Å². The first-order valence-corrected chi connectivity index (χ1v) is 8.26. The molecule has 5 nitrogen and oxygen atoms in total. The van der Waals surface area contributed by atoms with Crippen LogP contribution in [0.25, 0.3) is 0 Å². The molecule has 0 amide bonds. The molecule has 0 bridgehead atoms. The monoisotopic (exact) mass is 321 g/mol. The molecule has 1 aliphatic heterocycles. The molecule has 0 radical (unpaired) electrons. The Balaban J connectivity index is 0.00000176. The highest BCUT2D eigenvalue weighted by Gasteiger charge is 2.27. The molecule has 0 aromatic heterocycles. The molecule has 6 heteroatoms. The van der Waals surface area contributed by atoms with Gasteiger partial charge in [-0.05, 0) is 41.8 Å². The minimum absolute atomic E-state index is 0. The number of sulfonamides is 1. The molecule has 0 unspecified atom stereocenters. The van der Waals surface area contributed by atoms with E-state index in [2.05, 4.69) is 6.07 Å². The van der Waals surface area contributed by atoms with Gasteiger partial charge < -0.3 is 10.2 Å². The van der Waals surface area contributed by atoms with Gasteiger partial charge >= 0.3 is 0 Å². The van der Waals surface area contributed by atoms with E-state index in [1.54, 1.807) is 31.4 Å². The van der Waals surface area contributed by atoms with Gasteiger partial charge in [0.05, 0.1) is 12.0 Å². The maximum absolute atomic E-state index is 12.7. The van der Waals surface area contributed by atoms with E-state index < -0.39 is 10.0 Å². The third-order valence-corrected chi connectivity index (χ3v) is 5.65. The Hall–Kier alpha value is -1.89. The van der Waals surface area contributed by atoms with Gasteiger partial charge in [0.25, 0.3) is 0 Å². The average Bonchev–Trinajstić information content (AvgIpc) is 2.54. The summed E-state index contributed by atoms with van der Waals surface area (Å²) in [7, 11) is -1.89. The highest BCUT2D eigenvalue weighted by atomic mass is 32.2. The fraction of sp³-hybridized carbons (Fsp3) is 0.250. The summed E-state index contributed by atoms with van der Waals surface area (Å²) in [6.45, 7) is 0.954. The molecule has 0 saturated heterocycles. The Bertz CT molecular complexity index is 741. The number of methoxy groups -OCH3 is 1. The third kappa shape index (κ3) is 2.99. The Kier molecular flexibility index (Phi) is 4.85. The van der Waals surface area contributed by atoms with Crippen molar-refractivity contribution in [2.24, 2.45) is 0 Å². The fourth-order valence-corrected chi connectivity index (χ4v) is 3.99. The molecule has 0 saturated carbocycles. The lowest BCUT2D eigenvalue weighted by atomic mass is 10.0. The fourth-order valence-electron chi connectivity index (χ4n) is 2.57. The molecule has 22 heavy (non-hydrogen) atoms. The van der Waals surface area contributed by atoms with Crippen LogP contribution in [0.2, 0.25) is 0 Å². The molecule has 0 fully saturated rings. The number of fused-ring (bicyclic) bond motifs is 1. The molecular weight excluding hydrogens is 302 g/mol. The van der Waals surface area contributed by atoms with Crippen molar-refractivity contribution in [3.63, 3.8) is 0 Å². The molecule has 2 aromatic rings. The molecule has 2 N–H and O–H groups in total. The number of hydrogen-bond acceptors (Lipinski definition) is 3. The van der Waals surface area contributed by atoms with Gasteiger partial charge in [0, 0.05) is 13.1 Å². The van der Waals surface area contributed by atoms with Gasteiger partial charge in [-0.25, -0.2) is 8.42 Å². The van der Waals surface area contributed by atoms with Crippen LogP contribution in [-0.4, -0.2) is 31.9 Å². The van der Waals surface area contributed by atoms with Crippen molar-refractivity contribution < 1.29 is 18.6 Å². The second kappa shape index (κ2) is 6.48. The minimum Gasteiger partial charge on any atom is -0.497 e. The van der Waals surface area contributed by atoms with Crippen LogP contribution in [-0.2, 0) is 23.0 Å². The molecule has 3 rings (SSSR count). The van der Waals surface area contributed by atoms with Gasteiger partial charge in [0.2, 0.25) is 10.0 Å². The lowest BCUT2D eigenvalue weighted by Gasteiger charge is -2.28. The highest BCUT2D eigenvalue weighted by Crippen LogP contribution is 2.25. The van der Waals surface area contributed by atoms with Crippen LogP contribution in [0.5, 0.6) is 5.75 Å². The minimum atomic E-state index is -3.45. The summed E-state index contributed by atoms with van der Waals surface area (Å²) in [4.78, 5) is 0.308. The number of rotatable bonds is 3. The summed E-state index contributed by atoms with van der Waals surface area (Å²) in [6, 6.07) is 14.5. The summed E-state index contributed by atoms with van der Waals surface area (Å²) in [6.07, 6.45) is 0.756. The van der Waals surface area contributed by atoms with Crippen molar-refractivity contribution in [1.29, 1.82) is 0 Å². The van der Waals surface area contributed by atoms with Crippen molar-refractivity contribution in [3.8, 4) is 5.75 Å². The van der Waals surface area contributed by atoms with Crippen molar-refractivity contribution in [2.75, 3.05) is 13.7 Å². The summed E-state index contributed by atoms with van der Waals surface area (Å²) in [5, 5.41) is 0. The summed E-state index contributed by atoms with van der Waals surface area (Å²) >= 11 is 0. The Morgan fingerprint density at radius 3 is 2.27 bits per heavy atom. The molecule has 1 heterocycles. The van der Waals surface area contributed by atoms with E-state index in [-0.39, 0.29) is 5.48 Å². The standard InChI is InChI=1S/C16H17NO3S.H2O/c1-20-15-6-8-16(9-7-15)21(18,19)17-11-10-13-4-2-3-5-14(13)12-17;/h2-9H,10-12H2,1H3;1H2. The SMILES string of the molecule is COc1ccc(S(=O)(=O)N2CCc3ccccc3C2)cc1.O. The summed E-state index contributed by atoms with van der Waals surface area (Å²) in [5.74, 6) is 0.651. The number of nitrogens with zero attached hydrogens (tertiary/aromatic N) is 1. The zero-order valence-electron chi connectivity index (χ0n) is 12.3. The van der Waals surface area contributed by atoms with Crippen LogP contribution in [0.3, 0.4) is 0 Å². The third-order valence-electron chi connectivity index (χ3n) is 3.79. The highest BCUT2D eigenvalue weighted by molar-refractivity contribution is 7.89. The predicted octanol–water partition coefficient (Wildman–Crippen LogP) is 1.62. The van der Waals surface area contributed by atoms with Gasteiger partial charge in [-0.2, -0.15) is 4.31 Å². The van der Waals surface area contributed by atoms with E-state index in [9.17, 15) is 8.42 Å². The van der Waals surface area contributed by atoms with Crippen LogP contribution in [0, 0.1) is 0 Å². The van der Waals surface area contributed by atoms with Crippen LogP contribution in [0.4, 0.5) is 0 Å². The Morgan fingerprint density at radius 2 is 1.64 bits per heavy atom. The Morgan fingerprint density at radius 1 is 1.00 bits per heavy atom. The maximum atomic E-state index is 12.7. The van der Waals surface area contributed by atoms with Crippen molar-refractivity contribution >= 4 is 10.0 Å². The second-order valence-corrected chi connectivity index (χ2v) is 6.97. The van der Waals surface area contributed by atoms with E-state index in [0.717, 1.165) is 12.0 Å². The first kappa shape index (κ1) is 16.5. The molecule has 2 aromatic carbocycles. The van der Waals surface area contributed by atoms with E-state index in [0.29, 0.717) is 23.7 Å². The summed E-state index contributed by atoms with van der Waals surface area (Å²) in [5.41, 5.74) is 2.32. The summed E-state index contributed by atoms with van der Waals surface area (Å²) < 4.78 is 32.0. The van der Waals surface area contributed by atoms with Gasteiger partial charge in [-0.15, -0.1) is 0 Å². The maximum Gasteiger partial charge on any atom is 0.243 e. The largest absolute Gasteiger partial charge is 0.497 e. The van der Waals surface area contributed by atoms with Crippen LogP contribution in [0.1, 0.15) is 11.1 Å². The second-order valence-electron chi connectivity index (χ2n) is 5.03. The quantitative estimate of drug-likeness (QED) is 0.861. The zero-order valence-corrected chi connectivity index (χ0v) is 13.1. The van der Waals surface area contributed by atoms with Crippen molar-refractivity contribution in [2.45, 2.75) is 17.9 Å². The van der Waals surface area contributed by atoms with E-state index in [4.69, 9.17) is 4.74 Å². The molecular formula is C16H19NO4S. The van der Waals surface area contributed by atoms with Gasteiger partial charge in [0.15, 0.2) is 0 Å². The smallest absolute Gasteiger partial charge is 0.243 e. The average molecular weight is 321 g/mol. The van der Waals surface area contributed by atoms with E-state index in [1.807, 2.05) is 18.2 Å². The predicted molar refractivity (Wildman–Crippen MR) is 84.3 cm³/mol. The van der Waals surface area contributed by atoms with Gasteiger partial charge in [-0.3, -0.25) is 0 Å². The molecule has 1 aliphatic rings. The number of benzene rings is 2. The topological polar surface area (TPSA) is 78.1 Å². The molecule has 0 spiro atoms. The molecule has 0 aliphatic carbocycles. The van der Waals surface area contributed by atoms with Crippen LogP contribution < -0.4 is 4.74 Å². The number of hydrogen-bond donors (Lipinski definition) is 0. The lowest BCUT2D eigenvalue weighted by molar-refractivity contribution is 0.391. The first-order chi connectivity index (χ1) is 10.1. The molecule has 118 valence electrons. The van der Waals surface area contributed by atoms with Gasteiger partial charge in [0.1, 0.15) is 5.75 Å². The normalized spacial score (nSPS) is 14.8. The van der Waals surface area contributed by atoms with Crippen LogP contribution >= 0.6 is 0 Å². The van der Waals surface area contributed by atoms with E-state index in [1.165, 1.54) is 9.87 Å². The first-order valence-electron chi connectivity index (χ1n) is 6.82. The van der Waals surface area contributed by atoms with Gasteiger partial charge in [-0.1, -0.05) is 24.3 Å². The Labute approximate surface area is 130 Å². The molecule has 0 atom stereocenters. The van der Waals surface area contributed by atoms with Crippen molar-refractivity contribution in [1.82, 2.24) is 4.31 Å². The zero-order chi connectivity index (χ0) is 14.9. The lowest BCUT2D eigenvalue weighted by Crippen LogP contribution is -2.35.